The summed E-state index contributed by atoms with van der Waals surface area (Å²) in [5.41, 5.74) is 3.83. The molecule has 0 saturated carbocycles. The summed E-state index contributed by atoms with van der Waals surface area (Å²) in [4.78, 5) is 4.21. The largest absolute Gasteiger partial charge is 0.389 e. The van der Waals surface area contributed by atoms with E-state index in [2.05, 4.69) is 10.3 Å². The summed E-state index contributed by atoms with van der Waals surface area (Å²) in [6, 6.07) is 5.96. The van der Waals surface area contributed by atoms with E-state index in [0.29, 0.717) is 13.2 Å². The number of methoxy groups -OCH3 is 1. The van der Waals surface area contributed by atoms with Crippen LogP contribution in [0.4, 0.5) is 5.69 Å². The number of anilines is 1. The van der Waals surface area contributed by atoms with Crippen LogP contribution in [0, 0.1) is 0 Å². The molecule has 1 heterocycles. The number of aromatic nitrogens is 1. The van der Waals surface area contributed by atoms with Gasteiger partial charge in [0, 0.05) is 19.3 Å². The number of nitrogens with zero attached hydrogens (tertiary/aromatic N) is 1. The molecule has 1 unspecified atom stereocenters. The Morgan fingerprint density at radius 2 is 2.44 bits per heavy atom. The van der Waals surface area contributed by atoms with Gasteiger partial charge in [0.15, 0.2) is 0 Å². The highest BCUT2D eigenvalue weighted by atomic mass is 32.1. The Hall–Kier alpha value is -1.17. The number of aliphatic hydroxyl groups excluding tert-OH is 1. The normalized spacial score (nSPS) is 12.9. The van der Waals surface area contributed by atoms with Crippen molar-refractivity contribution in [1.82, 2.24) is 4.98 Å². The van der Waals surface area contributed by atoms with E-state index in [1.54, 1.807) is 18.4 Å². The van der Waals surface area contributed by atoms with E-state index in [1.165, 1.54) is 0 Å². The van der Waals surface area contributed by atoms with Gasteiger partial charge in [0.25, 0.3) is 0 Å². The molecule has 16 heavy (non-hydrogen) atoms. The molecule has 0 radical (unpaired) electrons. The predicted molar refractivity (Wildman–Crippen MR) is 66.0 cm³/mol. The van der Waals surface area contributed by atoms with E-state index in [4.69, 9.17) is 4.74 Å². The SMILES string of the molecule is COCC(O)CNc1ccc2ncsc2c1. The molecule has 1 atom stereocenters. The molecule has 0 aliphatic carbocycles. The molecule has 1 aromatic carbocycles. The van der Waals surface area contributed by atoms with E-state index in [9.17, 15) is 5.11 Å². The molecule has 0 aliphatic rings. The number of thiazole rings is 1. The fourth-order valence-electron chi connectivity index (χ4n) is 1.45. The van der Waals surface area contributed by atoms with Gasteiger partial charge in [-0.25, -0.2) is 4.98 Å². The average molecular weight is 238 g/mol. The van der Waals surface area contributed by atoms with Gasteiger partial charge in [-0.15, -0.1) is 11.3 Å². The molecular formula is C11H14N2O2S. The van der Waals surface area contributed by atoms with Crippen molar-refractivity contribution in [2.24, 2.45) is 0 Å². The Kier molecular flexibility index (Phi) is 3.71. The lowest BCUT2D eigenvalue weighted by Crippen LogP contribution is -2.24. The van der Waals surface area contributed by atoms with Crippen molar-refractivity contribution < 1.29 is 9.84 Å². The molecular weight excluding hydrogens is 224 g/mol. The van der Waals surface area contributed by atoms with E-state index in [-0.39, 0.29) is 0 Å². The van der Waals surface area contributed by atoms with Crippen molar-refractivity contribution >= 4 is 27.2 Å². The van der Waals surface area contributed by atoms with E-state index in [0.717, 1.165) is 15.9 Å². The first kappa shape index (κ1) is 11.3. The molecule has 0 aliphatic heterocycles. The molecule has 0 fully saturated rings. The Labute approximate surface area is 97.9 Å². The summed E-state index contributed by atoms with van der Waals surface area (Å²) in [6.45, 7) is 0.827. The second-order valence-electron chi connectivity index (χ2n) is 3.52. The highest BCUT2D eigenvalue weighted by Crippen LogP contribution is 2.21. The maximum absolute atomic E-state index is 9.49. The van der Waals surface area contributed by atoms with E-state index >= 15 is 0 Å². The average Bonchev–Trinajstić information content (AvgIpc) is 2.74. The van der Waals surface area contributed by atoms with Crippen molar-refractivity contribution in [3.05, 3.63) is 23.7 Å². The molecule has 0 amide bonds. The fourth-order valence-corrected chi connectivity index (χ4v) is 2.17. The standard InChI is InChI=1S/C11H14N2O2S/c1-15-6-9(14)5-12-8-2-3-10-11(4-8)16-7-13-10/h2-4,7,9,12,14H,5-6H2,1H3. The Balaban J connectivity index is 1.98. The van der Waals surface area contributed by atoms with Crippen molar-refractivity contribution in [1.29, 1.82) is 0 Å². The van der Waals surface area contributed by atoms with Crippen LogP contribution in [0.1, 0.15) is 0 Å². The fraction of sp³-hybridized carbons (Fsp3) is 0.364. The molecule has 0 bridgehead atoms. The summed E-state index contributed by atoms with van der Waals surface area (Å²) in [5, 5.41) is 12.6. The summed E-state index contributed by atoms with van der Waals surface area (Å²) >= 11 is 1.61. The summed E-state index contributed by atoms with van der Waals surface area (Å²) in [6.07, 6.45) is -0.484. The lowest BCUT2D eigenvalue weighted by Gasteiger charge is -2.11. The third-order valence-corrected chi connectivity index (χ3v) is 3.02. The van der Waals surface area contributed by atoms with Gasteiger partial charge in [-0.3, -0.25) is 0 Å². The van der Waals surface area contributed by atoms with Crippen molar-refractivity contribution in [2.45, 2.75) is 6.10 Å². The molecule has 4 nitrogen and oxygen atoms in total. The molecule has 2 N–H and O–H groups in total. The smallest absolute Gasteiger partial charge is 0.0945 e. The first-order valence-corrected chi connectivity index (χ1v) is 5.91. The highest BCUT2D eigenvalue weighted by Gasteiger charge is 2.03. The second kappa shape index (κ2) is 5.25. The van der Waals surface area contributed by atoms with Gasteiger partial charge < -0.3 is 15.2 Å². The zero-order valence-corrected chi connectivity index (χ0v) is 9.83. The highest BCUT2D eigenvalue weighted by molar-refractivity contribution is 7.16. The third-order valence-electron chi connectivity index (χ3n) is 2.23. The minimum Gasteiger partial charge on any atom is -0.389 e. The monoisotopic (exact) mass is 238 g/mol. The lowest BCUT2D eigenvalue weighted by atomic mass is 10.3. The Morgan fingerprint density at radius 1 is 1.56 bits per heavy atom. The van der Waals surface area contributed by atoms with Gasteiger partial charge in [0.1, 0.15) is 0 Å². The molecule has 86 valence electrons. The van der Waals surface area contributed by atoms with Gasteiger partial charge in [-0.1, -0.05) is 0 Å². The first-order valence-electron chi connectivity index (χ1n) is 5.03. The Bertz CT molecular complexity index is 458. The van der Waals surface area contributed by atoms with Crippen LogP contribution < -0.4 is 5.32 Å². The molecule has 0 spiro atoms. The molecule has 5 heteroatoms. The first-order chi connectivity index (χ1) is 7.79. The van der Waals surface area contributed by atoms with Crippen LogP contribution >= 0.6 is 11.3 Å². The van der Waals surface area contributed by atoms with Gasteiger partial charge >= 0.3 is 0 Å². The van der Waals surface area contributed by atoms with Crippen LogP contribution in [0.25, 0.3) is 10.2 Å². The second-order valence-corrected chi connectivity index (χ2v) is 4.41. The maximum atomic E-state index is 9.49. The third kappa shape index (κ3) is 2.69. The summed E-state index contributed by atoms with van der Waals surface area (Å²) in [7, 11) is 1.58. The molecule has 1 aromatic heterocycles. The van der Waals surface area contributed by atoms with Gasteiger partial charge in [0.05, 0.1) is 28.4 Å². The number of hydrogen-bond donors (Lipinski definition) is 2. The summed E-state index contributed by atoms with van der Waals surface area (Å²) < 4.78 is 6.00. The van der Waals surface area contributed by atoms with Gasteiger partial charge in [-0.05, 0) is 18.2 Å². The van der Waals surface area contributed by atoms with Gasteiger partial charge in [-0.2, -0.15) is 0 Å². The minimum atomic E-state index is -0.484. The lowest BCUT2D eigenvalue weighted by molar-refractivity contribution is 0.0727. The quantitative estimate of drug-likeness (QED) is 0.832. The van der Waals surface area contributed by atoms with Crippen LogP contribution in [0.2, 0.25) is 0 Å². The number of ether oxygens (including phenoxy) is 1. The number of benzene rings is 1. The topological polar surface area (TPSA) is 54.4 Å². The van der Waals surface area contributed by atoms with Crippen molar-refractivity contribution in [3.8, 4) is 0 Å². The van der Waals surface area contributed by atoms with E-state index < -0.39 is 6.10 Å². The zero-order chi connectivity index (χ0) is 11.4. The van der Waals surface area contributed by atoms with Crippen LogP contribution in [0.15, 0.2) is 23.7 Å². The maximum Gasteiger partial charge on any atom is 0.0945 e. The van der Waals surface area contributed by atoms with Crippen LogP contribution in [-0.4, -0.2) is 36.5 Å². The van der Waals surface area contributed by atoms with E-state index in [1.807, 2.05) is 23.7 Å². The van der Waals surface area contributed by atoms with Crippen molar-refractivity contribution in [2.75, 3.05) is 25.6 Å². The Morgan fingerprint density at radius 3 is 3.25 bits per heavy atom. The number of hydrogen-bond acceptors (Lipinski definition) is 5. The van der Waals surface area contributed by atoms with Crippen LogP contribution in [0.3, 0.4) is 0 Å². The number of nitrogens with one attached hydrogen (secondary N) is 1. The van der Waals surface area contributed by atoms with Crippen LogP contribution in [0.5, 0.6) is 0 Å². The number of rotatable bonds is 5. The summed E-state index contributed by atoms with van der Waals surface area (Å²) in [5.74, 6) is 0. The zero-order valence-electron chi connectivity index (χ0n) is 9.01. The predicted octanol–water partition coefficient (Wildman–Crippen LogP) is 1.72. The van der Waals surface area contributed by atoms with Crippen LogP contribution in [-0.2, 0) is 4.74 Å². The molecule has 0 saturated heterocycles. The van der Waals surface area contributed by atoms with Gasteiger partial charge in [0.2, 0.25) is 0 Å². The van der Waals surface area contributed by atoms with Crippen molar-refractivity contribution in [3.63, 3.8) is 0 Å². The number of aliphatic hydroxyl groups is 1. The molecule has 2 aromatic rings. The minimum absolute atomic E-state index is 0.343. The number of fused-ring (bicyclic) bond motifs is 1. The molecule has 2 rings (SSSR count).